The van der Waals surface area contributed by atoms with Crippen LogP contribution in [0.15, 0.2) is 12.2 Å². The first kappa shape index (κ1) is 13.1. The van der Waals surface area contributed by atoms with Crippen LogP contribution in [0.2, 0.25) is 0 Å². The Bertz CT molecular complexity index is 250. The van der Waals surface area contributed by atoms with Crippen LogP contribution in [0.25, 0.3) is 0 Å². The normalized spacial score (nSPS) is 25.0. The molecule has 0 bridgehead atoms. The first-order valence-electron chi connectivity index (χ1n) is 7.25. The van der Waals surface area contributed by atoms with E-state index in [0.29, 0.717) is 0 Å². The number of hydrogen-bond acceptors (Lipinski definition) is 2. The van der Waals surface area contributed by atoms with E-state index in [9.17, 15) is 0 Å². The third-order valence-corrected chi connectivity index (χ3v) is 4.42. The zero-order chi connectivity index (χ0) is 12.1. The standard InChI is InChI=1S/C15H27NO/c1-14(2)15(8-4-5-9-15)17-13-12-16-10-6-3-7-11-16/h1,3-13H2,2H3. The smallest absolute Gasteiger partial charge is 0.0886 e. The molecule has 1 heterocycles. The van der Waals surface area contributed by atoms with Crippen LogP contribution in [0.1, 0.15) is 51.9 Å². The molecule has 0 aromatic rings. The minimum atomic E-state index is 0.0236. The van der Waals surface area contributed by atoms with Crippen molar-refractivity contribution in [3.8, 4) is 0 Å². The van der Waals surface area contributed by atoms with E-state index in [4.69, 9.17) is 4.74 Å². The van der Waals surface area contributed by atoms with E-state index < -0.39 is 0 Å². The molecule has 2 heteroatoms. The van der Waals surface area contributed by atoms with Gasteiger partial charge in [0.05, 0.1) is 12.2 Å². The van der Waals surface area contributed by atoms with Crippen molar-refractivity contribution in [2.24, 2.45) is 0 Å². The lowest BCUT2D eigenvalue weighted by atomic mass is 9.94. The highest BCUT2D eigenvalue weighted by molar-refractivity contribution is 5.12. The number of piperidine rings is 1. The van der Waals surface area contributed by atoms with Gasteiger partial charge in [-0.15, -0.1) is 0 Å². The Morgan fingerprint density at radius 3 is 2.35 bits per heavy atom. The minimum Gasteiger partial charge on any atom is -0.369 e. The molecule has 0 aromatic carbocycles. The van der Waals surface area contributed by atoms with Crippen molar-refractivity contribution in [2.45, 2.75) is 57.5 Å². The highest BCUT2D eigenvalue weighted by Crippen LogP contribution is 2.38. The summed E-state index contributed by atoms with van der Waals surface area (Å²) in [6, 6.07) is 0. The summed E-state index contributed by atoms with van der Waals surface area (Å²) in [5, 5.41) is 0. The quantitative estimate of drug-likeness (QED) is 0.680. The Kier molecular flexibility index (Phi) is 4.63. The summed E-state index contributed by atoms with van der Waals surface area (Å²) in [5.41, 5.74) is 1.25. The van der Waals surface area contributed by atoms with Crippen LogP contribution in [0.4, 0.5) is 0 Å². The topological polar surface area (TPSA) is 12.5 Å². The molecule has 98 valence electrons. The Morgan fingerprint density at radius 2 is 1.76 bits per heavy atom. The van der Waals surface area contributed by atoms with E-state index in [1.165, 1.54) is 63.6 Å². The summed E-state index contributed by atoms with van der Waals surface area (Å²) >= 11 is 0. The summed E-state index contributed by atoms with van der Waals surface area (Å²) in [5.74, 6) is 0. The molecule has 1 saturated heterocycles. The van der Waals surface area contributed by atoms with Crippen molar-refractivity contribution >= 4 is 0 Å². The number of rotatable bonds is 5. The maximum Gasteiger partial charge on any atom is 0.0886 e. The van der Waals surface area contributed by atoms with Gasteiger partial charge in [-0.3, -0.25) is 0 Å². The lowest BCUT2D eigenvalue weighted by Gasteiger charge is -2.32. The zero-order valence-corrected chi connectivity index (χ0v) is 11.3. The van der Waals surface area contributed by atoms with E-state index in [-0.39, 0.29) is 5.60 Å². The van der Waals surface area contributed by atoms with Crippen molar-refractivity contribution in [1.82, 2.24) is 4.90 Å². The third kappa shape index (κ3) is 3.32. The number of ether oxygens (including phenoxy) is 1. The molecule has 2 fully saturated rings. The molecule has 0 atom stereocenters. The Morgan fingerprint density at radius 1 is 1.12 bits per heavy atom. The van der Waals surface area contributed by atoms with Gasteiger partial charge in [-0.05, 0) is 51.3 Å². The van der Waals surface area contributed by atoms with E-state index in [1.807, 2.05) is 0 Å². The average Bonchev–Trinajstić information content (AvgIpc) is 2.80. The summed E-state index contributed by atoms with van der Waals surface area (Å²) in [7, 11) is 0. The molecule has 0 spiro atoms. The summed E-state index contributed by atoms with van der Waals surface area (Å²) in [4.78, 5) is 2.55. The molecule has 1 aliphatic heterocycles. The monoisotopic (exact) mass is 237 g/mol. The molecule has 0 unspecified atom stereocenters. The number of hydrogen-bond donors (Lipinski definition) is 0. The van der Waals surface area contributed by atoms with E-state index >= 15 is 0 Å². The molecule has 17 heavy (non-hydrogen) atoms. The van der Waals surface area contributed by atoms with Gasteiger partial charge < -0.3 is 9.64 Å². The summed E-state index contributed by atoms with van der Waals surface area (Å²) in [6.07, 6.45) is 9.11. The number of likely N-dealkylation sites (tertiary alicyclic amines) is 1. The van der Waals surface area contributed by atoms with Crippen LogP contribution in [-0.4, -0.2) is 36.7 Å². The van der Waals surface area contributed by atoms with Crippen LogP contribution in [0, 0.1) is 0 Å². The minimum absolute atomic E-state index is 0.0236. The largest absolute Gasteiger partial charge is 0.369 e. The average molecular weight is 237 g/mol. The van der Waals surface area contributed by atoms with Gasteiger partial charge in [0.1, 0.15) is 0 Å². The molecule has 2 rings (SSSR count). The molecule has 0 amide bonds. The highest BCUT2D eigenvalue weighted by Gasteiger charge is 2.35. The van der Waals surface area contributed by atoms with Gasteiger partial charge in [-0.25, -0.2) is 0 Å². The first-order chi connectivity index (χ1) is 8.23. The fourth-order valence-corrected chi connectivity index (χ4v) is 3.19. The lowest BCUT2D eigenvalue weighted by molar-refractivity contribution is -0.0226. The fourth-order valence-electron chi connectivity index (χ4n) is 3.19. The van der Waals surface area contributed by atoms with Crippen molar-refractivity contribution in [2.75, 3.05) is 26.2 Å². The van der Waals surface area contributed by atoms with Crippen molar-refractivity contribution in [3.05, 3.63) is 12.2 Å². The second-order valence-corrected chi connectivity index (χ2v) is 5.73. The molecule has 0 aromatic heterocycles. The molecular weight excluding hydrogens is 210 g/mol. The molecular formula is C15H27NO. The van der Waals surface area contributed by atoms with Crippen LogP contribution < -0.4 is 0 Å². The second-order valence-electron chi connectivity index (χ2n) is 5.73. The third-order valence-electron chi connectivity index (χ3n) is 4.42. The molecule has 0 radical (unpaired) electrons. The molecule has 2 nitrogen and oxygen atoms in total. The first-order valence-corrected chi connectivity index (χ1v) is 7.25. The van der Waals surface area contributed by atoms with Gasteiger partial charge in [0.2, 0.25) is 0 Å². The summed E-state index contributed by atoms with van der Waals surface area (Å²) in [6.45, 7) is 10.8. The van der Waals surface area contributed by atoms with E-state index in [1.54, 1.807) is 0 Å². The van der Waals surface area contributed by atoms with Crippen molar-refractivity contribution < 1.29 is 4.74 Å². The van der Waals surface area contributed by atoms with Gasteiger partial charge in [-0.2, -0.15) is 0 Å². The van der Waals surface area contributed by atoms with Gasteiger partial charge in [0, 0.05) is 6.54 Å². The molecule has 0 N–H and O–H groups in total. The van der Waals surface area contributed by atoms with Crippen molar-refractivity contribution in [1.29, 1.82) is 0 Å². The van der Waals surface area contributed by atoms with Gasteiger partial charge in [0.25, 0.3) is 0 Å². The van der Waals surface area contributed by atoms with Crippen LogP contribution in [0.3, 0.4) is 0 Å². The summed E-state index contributed by atoms with van der Waals surface area (Å²) < 4.78 is 6.21. The predicted molar refractivity (Wildman–Crippen MR) is 72.3 cm³/mol. The highest BCUT2D eigenvalue weighted by atomic mass is 16.5. The Balaban J connectivity index is 1.74. The van der Waals surface area contributed by atoms with Gasteiger partial charge in [-0.1, -0.05) is 25.8 Å². The molecule has 1 aliphatic carbocycles. The van der Waals surface area contributed by atoms with Crippen LogP contribution in [0.5, 0.6) is 0 Å². The molecule has 1 saturated carbocycles. The maximum atomic E-state index is 6.21. The second kappa shape index (κ2) is 6.01. The van der Waals surface area contributed by atoms with Crippen LogP contribution in [-0.2, 0) is 4.74 Å². The van der Waals surface area contributed by atoms with Crippen LogP contribution >= 0.6 is 0 Å². The molecule has 2 aliphatic rings. The Hall–Kier alpha value is -0.340. The van der Waals surface area contributed by atoms with Gasteiger partial charge in [0.15, 0.2) is 0 Å². The van der Waals surface area contributed by atoms with Crippen molar-refractivity contribution in [3.63, 3.8) is 0 Å². The Labute approximate surface area is 106 Å². The SMILES string of the molecule is C=C(C)C1(OCCN2CCCCC2)CCCC1. The fraction of sp³-hybridized carbons (Fsp3) is 0.867. The number of nitrogens with zero attached hydrogens (tertiary/aromatic N) is 1. The maximum absolute atomic E-state index is 6.21. The zero-order valence-electron chi connectivity index (χ0n) is 11.3. The van der Waals surface area contributed by atoms with E-state index in [2.05, 4.69) is 18.4 Å². The lowest BCUT2D eigenvalue weighted by Crippen LogP contribution is -2.37. The van der Waals surface area contributed by atoms with E-state index in [0.717, 1.165) is 13.2 Å². The predicted octanol–water partition coefficient (Wildman–Crippen LogP) is 3.38. The van der Waals surface area contributed by atoms with Gasteiger partial charge >= 0.3 is 0 Å².